The SMILES string of the molecule is C=CCN(C)CC1(O)CCCN(Cc2ccc(C(C)C)cc2)C1=O. The molecule has 132 valence electrons. The van der Waals surface area contributed by atoms with Crippen molar-refractivity contribution in [3.8, 4) is 0 Å². The van der Waals surface area contributed by atoms with Crippen molar-refractivity contribution >= 4 is 5.91 Å². The number of rotatable bonds is 7. The molecule has 1 atom stereocenters. The van der Waals surface area contributed by atoms with Crippen LogP contribution in [0.2, 0.25) is 0 Å². The molecule has 0 bridgehead atoms. The Bertz CT molecular complexity index is 568. The molecule has 2 rings (SSSR count). The topological polar surface area (TPSA) is 43.8 Å². The average molecular weight is 330 g/mol. The Labute approximate surface area is 145 Å². The molecule has 1 aromatic rings. The average Bonchev–Trinajstić information content (AvgIpc) is 2.52. The Balaban J connectivity index is 2.05. The monoisotopic (exact) mass is 330 g/mol. The van der Waals surface area contributed by atoms with Gasteiger partial charge in [-0.25, -0.2) is 0 Å². The summed E-state index contributed by atoms with van der Waals surface area (Å²) in [5.41, 5.74) is 1.12. The second-order valence-corrected chi connectivity index (χ2v) is 7.24. The maximum atomic E-state index is 12.8. The highest BCUT2D eigenvalue weighted by atomic mass is 16.3. The van der Waals surface area contributed by atoms with Crippen molar-refractivity contribution in [2.45, 2.75) is 44.8 Å². The van der Waals surface area contributed by atoms with E-state index >= 15 is 0 Å². The summed E-state index contributed by atoms with van der Waals surface area (Å²) in [5.74, 6) is 0.346. The third kappa shape index (κ3) is 4.46. The van der Waals surface area contributed by atoms with Gasteiger partial charge in [0, 0.05) is 26.2 Å². The van der Waals surface area contributed by atoms with Crippen LogP contribution >= 0.6 is 0 Å². The second-order valence-electron chi connectivity index (χ2n) is 7.24. The molecule has 4 nitrogen and oxygen atoms in total. The molecule has 1 aromatic carbocycles. The molecule has 1 heterocycles. The number of carbonyl (C=O) groups is 1. The Morgan fingerprint density at radius 3 is 2.62 bits per heavy atom. The first-order chi connectivity index (χ1) is 11.4. The molecule has 0 spiro atoms. The summed E-state index contributed by atoms with van der Waals surface area (Å²) in [6.07, 6.45) is 3.13. The van der Waals surface area contributed by atoms with Gasteiger partial charge in [-0.1, -0.05) is 44.2 Å². The zero-order valence-corrected chi connectivity index (χ0v) is 15.2. The Morgan fingerprint density at radius 1 is 1.38 bits per heavy atom. The first-order valence-electron chi connectivity index (χ1n) is 8.76. The van der Waals surface area contributed by atoms with E-state index < -0.39 is 5.60 Å². The number of likely N-dealkylation sites (N-methyl/N-ethyl adjacent to an activating group) is 1. The highest BCUT2D eigenvalue weighted by Gasteiger charge is 2.42. The van der Waals surface area contributed by atoms with Crippen molar-refractivity contribution < 1.29 is 9.90 Å². The lowest BCUT2D eigenvalue weighted by Gasteiger charge is -2.40. The van der Waals surface area contributed by atoms with Gasteiger partial charge in [0.2, 0.25) is 0 Å². The van der Waals surface area contributed by atoms with E-state index in [1.165, 1.54) is 5.56 Å². The molecule has 1 saturated heterocycles. The number of aliphatic hydroxyl groups is 1. The minimum absolute atomic E-state index is 0.155. The van der Waals surface area contributed by atoms with E-state index in [1.807, 2.05) is 11.9 Å². The van der Waals surface area contributed by atoms with Gasteiger partial charge in [0.1, 0.15) is 0 Å². The van der Waals surface area contributed by atoms with E-state index in [0.29, 0.717) is 38.5 Å². The summed E-state index contributed by atoms with van der Waals surface area (Å²) in [6.45, 7) is 10.3. The molecule has 1 aliphatic rings. The highest BCUT2D eigenvalue weighted by Crippen LogP contribution is 2.25. The van der Waals surface area contributed by atoms with E-state index in [1.54, 1.807) is 11.0 Å². The standard InChI is InChI=1S/C20H30N2O2/c1-5-12-21(4)15-20(24)11-6-13-22(19(20)23)14-17-7-9-18(10-8-17)16(2)3/h5,7-10,16,24H,1,6,11-15H2,2-4H3. The number of likely N-dealkylation sites (tertiary alicyclic amines) is 1. The van der Waals surface area contributed by atoms with Crippen molar-refractivity contribution in [1.29, 1.82) is 0 Å². The fourth-order valence-corrected chi connectivity index (χ4v) is 3.32. The zero-order valence-electron chi connectivity index (χ0n) is 15.2. The van der Waals surface area contributed by atoms with Crippen LogP contribution in [0.3, 0.4) is 0 Å². The minimum atomic E-state index is -1.28. The Kier molecular flexibility index (Phi) is 6.19. The number of amides is 1. The summed E-state index contributed by atoms with van der Waals surface area (Å²) in [5, 5.41) is 10.8. The van der Waals surface area contributed by atoms with Crippen molar-refractivity contribution in [3.05, 3.63) is 48.0 Å². The molecular weight excluding hydrogens is 300 g/mol. The maximum Gasteiger partial charge on any atom is 0.256 e. The molecule has 0 aliphatic carbocycles. The third-order valence-electron chi connectivity index (χ3n) is 4.70. The fraction of sp³-hybridized carbons (Fsp3) is 0.550. The van der Waals surface area contributed by atoms with Gasteiger partial charge in [0.05, 0.1) is 0 Å². The lowest BCUT2D eigenvalue weighted by molar-refractivity contribution is -0.159. The van der Waals surface area contributed by atoms with Gasteiger partial charge in [-0.3, -0.25) is 9.69 Å². The molecular formula is C20H30N2O2. The first-order valence-corrected chi connectivity index (χ1v) is 8.76. The summed E-state index contributed by atoms with van der Waals surface area (Å²) in [7, 11) is 1.90. The largest absolute Gasteiger partial charge is 0.379 e. The normalized spacial score (nSPS) is 21.6. The molecule has 0 aromatic heterocycles. The molecule has 0 saturated carbocycles. The molecule has 24 heavy (non-hydrogen) atoms. The quantitative estimate of drug-likeness (QED) is 0.782. The molecule has 4 heteroatoms. The van der Waals surface area contributed by atoms with Crippen LogP contribution in [-0.4, -0.2) is 53.1 Å². The summed E-state index contributed by atoms with van der Waals surface area (Å²) < 4.78 is 0. The number of benzene rings is 1. The Morgan fingerprint density at radius 2 is 2.04 bits per heavy atom. The van der Waals surface area contributed by atoms with Gasteiger partial charge in [0.15, 0.2) is 5.60 Å². The van der Waals surface area contributed by atoms with E-state index in [2.05, 4.69) is 44.7 Å². The van der Waals surface area contributed by atoms with Crippen LogP contribution in [0.1, 0.15) is 43.7 Å². The van der Waals surface area contributed by atoms with Gasteiger partial charge in [0.25, 0.3) is 5.91 Å². The zero-order chi connectivity index (χ0) is 17.7. The molecule has 0 radical (unpaired) electrons. The van der Waals surface area contributed by atoms with Gasteiger partial charge < -0.3 is 10.0 Å². The predicted molar refractivity (Wildman–Crippen MR) is 97.8 cm³/mol. The lowest BCUT2D eigenvalue weighted by atomic mass is 9.90. The summed E-state index contributed by atoms with van der Waals surface area (Å²) in [4.78, 5) is 16.5. The van der Waals surface area contributed by atoms with Gasteiger partial charge >= 0.3 is 0 Å². The van der Waals surface area contributed by atoms with Crippen LogP contribution in [-0.2, 0) is 11.3 Å². The highest BCUT2D eigenvalue weighted by molar-refractivity contribution is 5.86. The molecule has 1 unspecified atom stereocenters. The predicted octanol–water partition coefficient (Wildman–Crippen LogP) is 2.78. The Hall–Kier alpha value is -1.65. The van der Waals surface area contributed by atoms with Crippen molar-refractivity contribution in [3.63, 3.8) is 0 Å². The van der Waals surface area contributed by atoms with Crippen LogP contribution < -0.4 is 0 Å². The van der Waals surface area contributed by atoms with Crippen molar-refractivity contribution in [1.82, 2.24) is 9.80 Å². The van der Waals surface area contributed by atoms with E-state index in [9.17, 15) is 9.90 Å². The minimum Gasteiger partial charge on any atom is -0.379 e. The van der Waals surface area contributed by atoms with Crippen LogP contribution in [0.15, 0.2) is 36.9 Å². The number of hydrogen-bond donors (Lipinski definition) is 1. The lowest BCUT2D eigenvalue weighted by Crippen LogP contribution is -2.57. The molecule has 1 aliphatic heterocycles. The molecule has 1 fully saturated rings. The second kappa shape index (κ2) is 7.95. The van der Waals surface area contributed by atoms with E-state index in [0.717, 1.165) is 12.0 Å². The fourth-order valence-electron chi connectivity index (χ4n) is 3.32. The number of nitrogens with zero attached hydrogens (tertiary/aromatic N) is 2. The summed E-state index contributed by atoms with van der Waals surface area (Å²) in [6, 6.07) is 8.41. The van der Waals surface area contributed by atoms with Gasteiger partial charge in [-0.05, 0) is 36.9 Å². The number of carbonyl (C=O) groups excluding carboxylic acids is 1. The first kappa shape index (κ1) is 18.7. The van der Waals surface area contributed by atoms with Crippen molar-refractivity contribution in [2.24, 2.45) is 0 Å². The van der Waals surface area contributed by atoms with Crippen LogP contribution in [0, 0.1) is 0 Å². The van der Waals surface area contributed by atoms with E-state index in [-0.39, 0.29) is 5.91 Å². The van der Waals surface area contributed by atoms with Crippen LogP contribution in [0.25, 0.3) is 0 Å². The maximum absolute atomic E-state index is 12.8. The van der Waals surface area contributed by atoms with Crippen molar-refractivity contribution in [2.75, 3.05) is 26.7 Å². The van der Waals surface area contributed by atoms with Gasteiger partial charge in [-0.2, -0.15) is 0 Å². The summed E-state index contributed by atoms with van der Waals surface area (Å²) >= 11 is 0. The van der Waals surface area contributed by atoms with Crippen LogP contribution in [0.5, 0.6) is 0 Å². The van der Waals surface area contributed by atoms with E-state index in [4.69, 9.17) is 0 Å². The number of hydrogen-bond acceptors (Lipinski definition) is 3. The molecule has 1 N–H and O–H groups in total. The third-order valence-corrected chi connectivity index (χ3v) is 4.70. The smallest absolute Gasteiger partial charge is 0.256 e. The van der Waals surface area contributed by atoms with Gasteiger partial charge in [-0.15, -0.1) is 6.58 Å². The van der Waals surface area contributed by atoms with Crippen LogP contribution in [0.4, 0.5) is 0 Å². The number of piperidine rings is 1. The molecule has 1 amide bonds.